The Labute approximate surface area is 166 Å². The predicted molar refractivity (Wildman–Crippen MR) is 95.5 cm³/mol. The average Bonchev–Trinajstić information content (AvgIpc) is 3.09. The number of nitrogens with one attached hydrogen (secondary N) is 1. The molecule has 0 aliphatic heterocycles. The number of carbonyl (C=O) groups is 1. The summed E-state index contributed by atoms with van der Waals surface area (Å²) in [7, 11) is 0. The van der Waals surface area contributed by atoms with E-state index >= 15 is 0 Å². The lowest BCUT2D eigenvalue weighted by atomic mass is 10.1. The fourth-order valence-corrected chi connectivity index (χ4v) is 2.81. The van der Waals surface area contributed by atoms with E-state index in [1.807, 2.05) is 0 Å². The zero-order chi connectivity index (χ0) is 21.2. The van der Waals surface area contributed by atoms with Gasteiger partial charge >= 0.3 is 6.18 Å². The van der Waals surface area contributed by atoms with Gasteiger partial charge in [-0.05, 0) is 30.3 Å². The number of benzene rings is 2. The second kappa shape index (κ2) is 8.20. The van der Waals surface area contributed by atoms with Crippen molar-refractivity contribution in [2.24, 2.45) is 0 Å². The van der Waals surface area contributed by atoms with E-state index in [4.69, 9.17) is 11.6 Å². The Morgan fingerprint density at radius 1 is 1.10 bits per heavy atom. The van der Waals surface area contributed by atoms with E-state index in [1.165, 1.54) is 24.3 Å². The molecule has 1 N–H and O–H groups in total. The molecule has 0 fully saturated rings. The molecule has 2 aromatic carbocycles. The van der Waals surface area contributed by atoms with Gasteiger partial charge in [-0.2, -0.15) is 18.3 Å². The first-order valence-electron chi connectivity index (χ1n) is 8.27. The van der Waals surface area contributed by atoms with Crippen LogP contribution in [0.5, 0.6) is 0 Å². The van der Waals surface area contributed by atoms with Gasteiger partial charge in [-0.3, -0.25) is 4.79 Å². The molecular weight excluding hydrogens is 417 g/mol. The highest BCUT2D eigenvalue weighted by Gasteiger charge is 2.35. The molecule has 1 amide bonds. The van der Waals surface area contributed by atoms with E-state index < -0.39 is 35.8 Å². The van der Waals surface area contributed by atoms with Crippen molar-refractivity contribution in [3.8, 4) is 5.69 Å². The Balaban J connectivity index is 1.81. The van der Waals surface area contributed by atoms with Crippen molar-refractivity contribution in [1.29, 1.82) is 0 Å². The molecule has 3 aromatic rings. The van der Waals surface area contributed by atoms with Crippen molar-refractivity contribution in [2.75, 3.05) is 0 Å². The number of carbonyl (C=O) groups excluding carboxylic acids is 1. The van der Waals surface area contributed by atoms with Crippen LogP contribution in [-0.4, -0.2) is 15.7 Å². The fourth-order valence-electron chi connectivity index (χ4n) is 2.63. The number of rotatable bonds is 5. The minimum Gasteiger partial charge on any atom is -0.350 e. The molecule has 0 unspecified atom stereocenters. The van der Waals surface area contributed by atoms with Crippen LogP contribution in [0.15, 0.2) is 48.5 Å². The summed E-state index contributed by atoms with van der Waals surface area (Å²) in [5.41, 5.74) is -0.999. The summed E-state index contributed by atoms with van der Waals surface area (Å²) in [6.45, 7) is -0.314. The van der Waals surface area contributed by atoms with Crippen LogP contribution in [0.3, 0.4) is 0 Å². The van der Waals surface area contributed by atoms with Crippen LogP contribution in [0.2, 0.25) is 5.02 Å². The molecule has 4 nitrogen and oxygen atoms in total. The Hall–Kier alpha value is -2.94. The summed E-state index contributed by atoms with van der Waals surface area (Å²) in [4.78, 5) is 12.1. The number of alkyl halides is 3. The first-order chi connectivity index (χ1) is 13.6. The fraction of sp³-hybridized carbons (Fsp3) is 0.158. The SMILES string of the molecule is O=C(Cc1cccc(F)c1F)NCc1cc(C(F)(F)F)nn1-c1cccc(Cl)c1. The van der Waals surface area contributed by atoms with Gasteiger partial charge in [0.05, 0.1) is 24.3 Å². The monoisotopic (exact) mass is 429 g/mol. The molecule has 1 heterocycles. The Kier molecular flexibility index (Phi) is 5.88. The van der Waals surface area contributed by atoms with Gasteiger partial charge in [-0.1, -0.05) is 29.8 Å². The van der Waals surface area contributed by atoms with Crippen LogP contribution < -0.4 is 5.32 Å². The maximum atomic E-state index is 13.7. The van der Waals surface area contributed by atoms with Gasteiger partial charge in [0.15, 0.2) is 17.3 Å². The van der Waals surface area contributed by atoms with E-state index in [0.29, 0.717) is 5.02 Å². The summed E-state index contributed by atoms with van der Waals surface area (Å²) in [5.74, 6) is -2.93. The smallest absolute Gasteiger partial charge is 0.350 e. The van der Waals surface area contributed by atoms with Gasteiger partial charge in [0.2, 0.25) is 5.91 Å². The summed E-state index contributed by atoms with van der Waals surface area (Å²) in [6.07, 6.45) is -5.16. The minimum absolute atomic E-state index is 0.0349. The molecular formula is C19H13ClF5N3O. The highest BCUT2D eigenvalue weighted by atomic mass is 35.5. The Morgan fingerprint density at radius 2 is 1.83 bits per heavy atom. The number of halogens is 6. The van der Waals surface area contributed by atoms with Gasteiger partial charge in [0.25, 0.3) is 0 Å². The maximum absolute atomic E-state index is 13.7. The van der Waals surface area contributed by atoms with E-state index in [0.717, 1.165) is 16.8 Å². The molecule has 1 aromatic heterocycles. The highest BCUT2D eigenvalue weighted by molar-refractivity contribution is 6.30. The zero-order valence-corrected chi connectivity index (χ0v) is 15.4. The zero-order valence-electron chi connectivity index (χ0n) is 14.6. The molecule has 29 heavy (non-hydrogen) atoms. The lowest BCUT2D eigenvalue weighted by Crippen LogP contribution is -2.26. The first kappa shape index (κ1) is 20.8. The van der Waals surface area contributed by atoms with Crippen molar-refractivity contribution in [2.45, 2.75) is 19.1 Å². The number of aromatic nitrogens is 2. The van der Waals surface area contributed by atoms with Crippen LogP contribution in [-0.2, 0) is 23.9 Å². The van der Waals surface area contributed by atoms with Crippen molar-refractivity contribution < 1.29 is 26.7 Å². The number of hydrogen-bond acceptors (Lipinski definition) is 2. The van der Waals surface area contributed by atoms with Gasteiger partial charge in [-0.25, -0.2) is 13.5 Å². The third-order valence-electron chi connectivity index (χ3n) is 3.98. The van der Waals surface area contributed by atoms with Gasteiger partial charge in [0.1, 0.15) is 0 Å². The van der Waals surface area contributed by atoms with E-state index in [-0.39, 0.29) is 23.5 Å². The summed E-state index contributed by atoms with van der Waals surface area (Å²) in [5, 5.41) is 6.24. The molecule has 0 spiro atoms. The van der Waals surface area contributed by atoms with Crippen molar-refractivity contribution in [1.82, 2.24) is 15.1 Å². The van der Waals surface area contributed by atoms with Crippen LogP contribution in [0.1, 0.15) is 17.0 Å². The molecule has 0 aliphatic carbocycles. The minimum atomic E-state index is -4.69. The van der Waals surface area contributed by atoms with Crippen molar-refractivity contribution in [3.63, 3.8) is 0 Å². The van der Waals surface area contributed by atoms with Crippen molar-refractivity contribution >= 4 is 17.5 Å². The Morgan fingerprint density at radius 3 is 2.52 bits per heavy atom. The van der Waals surface area contributed by atoms with E-state index in [9.17, 15) is 26.7 Å². The normalized spacial score (nSPS) is 11.5. The van der Waals surface area contributed by atoms with Gasteiger partial charge < -0.3 is 5.32 Å². The third-order valence-corrected chi connectivity index (χ3v) is 4.21. The maximum Gasteiger partial charge on any atom is 0.435 e. The predicted octanol–water partition coefficient (Wildman–Crippen LogP) is 4.68. The molecule has 0 atom stereocenters. The molecule has 152 valence electrons. The standard InChI is InChI=1S/C19H13ClF5N3O/c20-12-4-2-5-13(8-12)28-14(9-16(27-28)19(23,24)25)10-26-17(29)7-11-3-1-6-15(21)18(11)22/h1-6,8-9H,7,10H2,(H,26,29). The molecule has 0 saturated heterocycles. The summed E-state index contributed by atoms with van der Waals surface area (Å²) in [6, 6.07) is 10.2. The lowest BCUT2D eigenvalue weighted by molar-refractivity contribution is -0.141. The second-order valence-electron chi connectivity index (χ2n) is 6.08. The number of amides is 1. The number of nitrogens with zero attached hydrogens (tertiary/aromatic N) is 2. The van der Waals surface area contributed by atoms with Crippen LogP contribution >= 0.6 is 11.6 Å². The summed E-state index contributed by atoms with van der Waals surface area (Å²) < 4.78 is 67.2. The van der Waals surface area contributed by atoms with Gasteiger partial charge in [0, 0.05) is 10.6 Å². The summed E-state index contributed by atoms with van der Waals surface area (Å²) >= 11 is 5.89. The molecule has 0 bridgehead atoms. The van der Waals surface area contributed by atoms with E-state index in [2.05, 4.69) is 10.4 Å². The lowest BCUT2D eigenvalue weighted by Gasteiger charge is -2.10. The topological polar surface area (TPSA) is 46.9 Å². The quantitative estimate of drug-likeness (QED) is 0.599. The van der Waals surface area contributed by atoms with Crippen LogP contribution in [0, 0.1) is 11.6 Å². The molecule has 3 rings (SSSR count). The first-order valence-corrected chi connectivity index (χ1v) is 8.64. The molecule has 0 radical (unpaired) electrons. The Bertz CT molecular complexity index is 1050. The van der Waals surface area contributed by atoms with E-state index in [1.54, 1.807) is 12.1 Å². The molecule has 0 aliphatic rings. The third kappa shape index (κ3) is 4.92. The van der Waals surface area contributed by atoms with Crippen LogP contribution in [0.4, 0.5) is 22.0 Å². The average molecular weight is 430 g/mol. The largest absolute Gasteiger partial charge is 0.435 e. The second-order valence-corrected chi connectivity index (χ2v) is 6.51. The van der Waals surface area contributed by atoms with Gasteiger partial charge in [-0.15, -0.1) is 0 Å². The number of hydrogen-bond donors (Lipinski definition) is 1. The molecule has 10 heteroatoms. The van der Waals surface area contributed by atoms with Crippen molar-refractivity contribution in [3.05, 3.63) is 82.1 Å². The van der Waals surface area contributed by atoms with Crippen LogP contribution in [0.25, 0.3) is 5.69 Å². The molecule has 0 saturated carbocycles. The highest BCUT2D eigenvalue weighted by Crippen LogP contribution is 2.30.